The lowest BCUT2D eigenvalue weighted by atomic mass is 10.1. The van der Waals surface area contributed by atoms with Gasteiger partial charge in [-0.25, -0.2) is 0 Å². The van der Waals surface area contributed by atoms with Gasteiger partial charge in [-0.3, -0.25) is 0 Å². The summed E-state index contributed by atoms with van der Waals surface area (Å²) >= 11 is 12.1. The molecule has 2 N–H and O–H groups in total. The molecule has 0 fully saturated rings. The Morgan fingerprint density at radius 2 is 1.84 bits per heavy atom. The zero-order valence-corrected chi connectivity index (χ0v) is 12.1. The third-order valence-corrected chi connectivity index (χ3v) is 3.29. The molecule has 19 heavy (non-hydrogen) atoms. The van der Waals surface area contributed by atoms with E-state index in [0.717, 1.165) is 16.9 Å². The van der Waals surface area contributed by atoms with Crippen molar-refractivity contribution in [3.05, 3.63) is 57.6 Å². The summed E-state index contributed by atoms with van der Waals surface area (Å²) in [5.74, 6) is 1.38. The van der Waals surface area contributed by atoms with E-state index < -0.39 is 0 Å². The molecule has 2 aromatic carbocycles. The van der Waals surface area contributed by atoms with Gasteiger partial charge in [0.15, 0.2) is 0 Å². The van der Waals surface area contributed by atoms with Crippen molar-refractivity contribution in [2.75, 3.05) is 6.54 Å². The number of hydrogen-bond acceptors (Lipinski definition) is 2. The Balaban J connectivity index is 2.34. The third-order valence-electron chi connectivity index (χ3n) is 2.74. The second kappa shape index (κ2) is 6.29. The van der Waals surface area contributed by atoms with Crippen LogP contribution >= 0.6 is 23.2 Å². The lowest BCUT2D eigenvalue weighted by molar-refractivity contribution is 0.476. The minimum Gasteiger partial charge on any atom is -0.456 e. The fourth-order valence-corrected chi connectivity index (χ4v) is 2.16. The summed E-state index contributed by atoms with van der Waals surface area (Å²) in [6, 6.07) is 11.2. The molecule has 0 aliphatic carbocycles. The van der Waals surface area contributed by atoms with Crippen LogP contribution in [0.15, 0.2) is 36.4 Å². The van der Waals surface area contributed by atoms with E-state index in [0.29, 0.717) is 28.8 Å². The molecular formula is C15H15Cl2NO. The molecule has 0 amide bonds. The molecule has 0 saturated carbocycles. The molecule has 0 radical (unpaired) electrons. The number of rotatable bonds is 4. The van der Waals surface area contributed by atoms with Crippen LogP contribution in [0, 0.1) is 6.92 Å². The van der Waals surface area contributed by atoms with Crippen LogP contribution in [0.3, 0.4) is 0 Å². The summed E-state index contributed by atoms with van der Waals surface area (Å²) in [7, 11) is 0. The summed E-state index contributed by atoms with van der Waals surface area (Å²) in [5, 5.41) is 1.25. The maximum Gasteiger partial charge on any atom is 0.146 e. The van der Waals surface area contributed by atoms with Crippen LogP contribution in [0.5, 0.6) is 11.5 Å². The highest BCUT2D eigenvalue weighted by molar-refractivity contribution is 6.32. The largest absolute Gasteiger partial charge is 0.456 e. The van der Waals surface area contributed by atoms with Gasteiger partial charge >= 0.3 is 0 Å². The molecule has 0 saturated heterocycles. The van der Waals surface area contributed by atoms with Crippen LogP contribution in [0.1, 0.15) is 11.1 Å². The summed E-state index contributed by atoms with van der Waals surface area (Å²) in [6.45, 7) is 2.53. The van der Waals surface area contributed by atoms with E-state index in [-0.39, 0.29) is 0 Å². The minimum atomic E-state index is 0.540. The quantitative estimate of drug-likeness (QED) is 0.895. The average Bonchev–Trinajstić information content (AvgIpc) is 2.37. The molecule has 0 unspecified atom stereocenters. The van der Waals surface area contributed by atoms with Gasteiger partial charge in [-0.15, -0.1) is 0 Å². The van der Waals surface area contributed by atoms with Crippen molar-refractivity contribution >= 4 is 23.2 Å². The van der Waals surface area contributed by atoms with Gasteiger partial charge in [-0.2, -0.15) is 0 Å². The highest BCUT2D eigenvalue weighted by atomic mass is 35.5. The van der Waals surface area contributed by atoms with Crippen molar-refractivity contribution in [1.82, 2.24) is 0 Å². The van der Waals surface area contributed by atoms with Gasteiger partial charge < -0.3 is 10.5 Å². The summed E-state index contributed by atoms with van der Waals surface area (Å²) in [4.78, 5) is 0. The van der Waals surface area contributed by atoms with Crippen molar-refractivity contribution in [2.24, 2.45) is 5.73 Å². The number of ether oxygens (including phenoxy) is 1. The van der Waals surface area contributed by atoms with E-state index in [4.69, 9.17) is 33.7 Å². The Kier molecular flexibility index (Phi) is 4.70. The molecule has 0 spiro atoms. The van der Waals surface area contributed by atoms with Crippen molar-refractivity contribution in [2.45, 2.75) is 13.3 Å². The third kappa shape index (κ3) is 3.63. The predicted molar refractivity (Wildman–Crippen MR) is 80.5 cm³/mol. The Morgan fingerprint density at radius 3 is 2.58 bits per heavy atom. The van der Waals surface area contributed by atoms with Crippen LogP contribution in [0.25, 0.3) is 0 Å². The second-order valence-corrected chi connectivity index (χ2v) is 5.17. The smallest absolute Gasteiger partial charge is 0.146 e. The number of nitrogens with two attached hydrogens (primary N) is 1. The first-order valence-electron chi connectivity index (χ1n) is 6.02. The highest BCUT2D eigenvalue weighted by Crippen LogP contribution is 2.33. The standard InChI is InChI=1S/C15H15Cl2NO/c1-10-2-4-13(17)15(8-10)19-14-5-3-12(16)9-11(14)6-7-18/h2-5,8-9H,6-7,18H2,1H3. The van der Waals surface area contributed by atoms with Gasteiger partial charge in [0.25, 0.3) is 0 Å². The van der Waals surface area contributed by atoms with Gasteiger partial charge in [0.1, 0.15) is 11.5 Å². The number of halogens is 2. The Hall–Kier alpha value is -1.22. The predicted octanol–water partition coefficient (Wildman–Crippen LogP) is 4.60. The normalized spacial score (nSPS) is 10.5. The van der Waals surface area contributed by atoms with Gasteiger partial charge in [0.2, 0.25) is 0 Å². The van der Waals surface area contributed by atoms with Crippen LogP contribution in [0.2, 0.25) is 10.0 Å². The Morgan fingerprint density at radius 1 is 1.05 bits per heavy atom. The summed E-state index contributed by atoms with van der Waals surface area (Å²) < 4.78 is 5.88. The Bertz CT molecular complexity index is 584. The van der Waals surface area contributed by atoms with Crippen molar-refractivity contribution in [1.29, 1.82) is 0 Å². The fraction of sp³-hybridized carbons (Fsp3) is 0.200. The molecule has 0 aliphatic rings. The lowest BCUT2D eigenvalue weighted by Gasteiger charge is -2.12. The van der Waals surface area contributed by atoms with E-state index in [1.54, 1.807) is 6.07 Å². The second-order valence-electron chi connectivity index (χ2n) is 4.33. The summed E-state index contributed by atoms with van der Waals surface area (Å²) in [5.41, 5.74) is 7.67. The zero-order chi connectivity index (χ0) is 13.8. The van der Waals surface area contributed by atoms with E-state index in [2.05, 4.69) is 0 Å². The lowest BCUT2D eigenvalue weighted by Crippen LogP contribution is -2.04. The van der Waals surface area contributed by atoms with Gasteiger partial charge in [-0.1, -0.05) is 29.3 Å². The van der Waals surface area contributed by atoms with Crippen molar-refractivity contribution in [3.8, 4) is 11.5 Å². The van der Waals surface area contributed by atoms with E-state index in [1.807, 2.05) is 37.3 Å². The molecule has 0 aromatic heterocycles. The maximum absolute atomic E-state index is 6.13. The van der Waals surface area contributed by atoms with Gasteiger partial charge in [-0.05, 0) is 61.3 Å². The highest BCUT2D eigenvalue weighted by Gasteiger charge is 2.08. The van der Waals surface area contributed by atoms with Crippen molar-refractivity contribution in [3.63, 3.8) is 0 Å². The molecule has 100 valence electrons. The zero-order valence-electron chi connectivity index (χ0n) is 10.6. The Labute approximate surface area is 123 Å². The maximum atomic E-state index is 6.13. The van der Waals surface area contributed by atoms with Crippen LogP contribution < -0.4 is 10.5 Å². The molecule has 2 aromatic rings. The summed E-state index contributed by atoms with van der Waals surface area (Å²) in [6.07, 6.45) is 0.708. The van der Waals surface area contributed by atoms with Crippen LogP contribution in [0.4, 0.5) is 0 Å². The first-order chi connectivity index (χ1) is 9.10. The first-order valence-corrected chi connectivity index (χ1v) is 6.78. The number of benzene rings is 2. The molecule has 2 nitrogen and oxygen atoms in total. The molecule has 0 bridgehead atoms. The fourth-order valence-electron chi connectivity index (χ4n) is 1.81. The van der Waals surface area contributed by atoms with Gasteiger partial charge in [0, 0.05) is 5.02 Å². The van der Waals surface area contributed by atoms with Crippen LogP contribution in [-0.4, -0.2) is 6.54 Å². The van der Waals surface area contributed by atoms with Crippen molar-refractivity contribution < 1.29 is 4.74 Å². The topological polar surface area (TPSA) is 35.2 Å². The average molecular weight is 296 g/mol. The van der Waals surface area contributed by atoms with E-state index in [9.17, 15) is 0 Å². The molecule has 0 heterocycles. The molecule has 0 aliphatic heterocycles. The van der Waals surface area contributed by atoms with Crippen LogP contribution in [-0.2, 0) is 6.42 Å². The van der Waals surface area contributed by atoms with E-state index in [1.165, 1.54) is 0 Å². The number of hydrogen-bond donors (Lipinski definition) is 1. The molecular weight excluding hydrogens is 281 g/mol. The molecule has 4 heteroatoms. The number of aryl methyl sites for hydroxylation is 1. The van der Waals surface area contributed by atoms with E-state index >= 15 is 0 Å². The SMILES string of the molecule is Cc1ccc(Cl)c(Oc2ccc(Cl)cc2CCN)c1. The minimum absolute atomic E-state index is 0.540. The monoisotopic (exact) mass is 295 g/mol. The first kappa shape index (κ1) is 14.2. The molecule has 0 atom stereocenters. The molecule has 2 rings (SSSR count). The van der Waals surface area contributed by atoms with Gasteiger partial charge in [0.05, 0.1) is 5.02 Å².